The van der Waals surface area contributed by atoms with Gasteiger partial charge in [0.2, 0.25) is 0 Å². The highest BCUT2D eigenvalue weighted by Crippen LogP contribution is 2.23. The summed E-state index contributed by atoms with van der Waals surface area (Å²) < 4.78 is 5.36. The predicted octanol–water partition coefficient (Wildman–Crippen LogP) is 2.29. The molecule has 1 aromatic rings. The van der Waals surface area contributed by atoms with Crippen molar-refractivity contribution in [1.82, 2.24) is 10.3 Å². The summed E-state index contributed by atoms with van der Waals surface area (Å²) >= 11 is 0. The normalized spacial score (nSPS) is 10.5. The van der Waals surface area contributed by atoms with Crippen molar-refractivity contribution in [3.63, 3.8) is 0 Å². The van der Waals surface area contributed by atoms with Crippen LogP contribution in [0.15, 0.2) is 18.9 Å². The van der Waals surface area contributed by atoms with E-state index in [1.54, 1.807) is 20.0 Å². The topological polar surface area (TPSA) is 77.3 Å². The van der Waals surface area contributed by atoms with Gasteiger partial charge in [-0.2, -0.15) is 0 Å². The molecule has 1 N–H and O–H groups in total. The molecule has 0 saturated carbocycles. The van der Waals surface area contributed by atoms with E-state index in [1.165, 1.54) is 0 Å². The second-order valence-electron chi connectivity index (χ2n) is 4.49. The van der Waals surface area contributed by atoms with E-state index in [0.29, 0.717) is 43.1 Å². The molecule has 1 heterocycles. The summed E-state index contributed by atoms with van der Waals surface area (Å²) in [6.07, 6.45) is 4.19. The summed E-state index contributed by atoms with van der Waals surface area (Å²) in [6.45, 7) is 9.49. The van der Waals surface area contributed by atoms with Crippen LogP contribution >= 0.6 is 0 Å². The van der Waals surface area contributed by atoms with E-state index in [1.807, 2.05) is 6.08 Å². The van der Waals surface area contributed by atoms with Crippen LogP contribution < -0.4 is 5.32 Å². The third kappa shape index (κ3) is 4.71. The van der Waals surface area contributed by atoms with Gasteiger partial charge in [0, 0.05) is 30.4 Å². The van der Waals surface area contributed by atoms with Crippen molar-refractivity contribution in [3.05, 3.63) is 45.8 Å². The Morgan fingerprint density at radius 1 is 1.50 bits per heavy atom. The molecule has 0 atom stereocenters. The molecule has 0 amide bonds. The van der Waals surface area contributed by atoms with E-state index in [0.717, 1.165) is 6.42 Å². The van der Waals surface area contributed by atoms with Gasteiger partial charge in [-0.25, -0.2) is 0 Å². The van der Waals surface area contributed by atoms with Crippen molar-refractivity contribution in [3.8, 4) is 0 Å². The van der Waals surface area contributed by atoms with E-state index in [-0.39, 0.29) is 10.6 Å². The molecule has 0 spiro atoms. The predicted molar refractivity (Wildman–Crippen MR) is 77.7 cm³/mol. The van der Waals surface area contributed by atoms with Gasteiger partial charge in [0.15, 0.2) is 0 Å². The fraction of sp³-hybridized carbons (Fsp3) is 0.500. The van der Waals surface area contributed by atoms with Gasteiger partial charge in [0.05, 0.1) is 23.8 Å². The zero-order valence-electron chi connectivity index (χ0n) is 12.0. The molecular formula is C14H21N3O3. The summed E-state index contributed by atoms with van der Waals surface area (Å²) in [6, 6.07) is 0. The molecule has 0 unspecified atom stereocenters. The van der Waals surface area contributed by atoms with Gasteiger partial charge in [0.1, 0.15) is 0 Å². The summed E-state index contributed by atoms with van der Waals surface area (Å²) in [5.41, 5.74) is 2.06. The van der Waals surface area contributed by atoms with Gasteiger partial charge in [0.25, 0.3) is 5.69 Å². The summed E-state index contributed by atoms with van der Waals surface area (Å²) in [5.74, 6) is 0. The molecule has 0 bridgehead atoms. The van der Waals surface area contributed by atoms with E-state index < -0.39 is 0 Å². The van der Waals surface area contributed by atoms with Crippen LogP contribution in [0, 0.1) is 24.0 Å². The third-order valence-corrected chi connectivity index (χ3v) is 2.94. The Labute approximate surface area is 119 Å². The summed E-state index contributed by atoms with van der Waals surface area (Å²) in [5, 5.41) is 14.2. The standard InChI is InChI=1S/C14H21N3O3/c1-4-5-7-20-8-6-15-10-13-12(3)14(17(18)19)11(2)9-16-13/h4,9,15H,1,5-8,10H2,2-3H3. The number of rotatable bonds is 9. The smallest absolute Gasteiger partial charge is 0.278 e. The van der Waals surface area contributed by atoms with Crippen LogP contribution in [0.4, 0.5) is 5.69 Å². The lowest BCUT2D eigenvalue weighted by Crippen LogP contribution is -2.21. The van der Waals surface area contributed by atoms with Gasteiger partial charge >= 0.3 is 0 Å². The second kappa shape index (κ2) is 8.39. The zero-order valence-corrected chi connectivity index (χ0v) is 12.0. The maximum Gasteiger partial charge on any atom is 0.278 e. The minimum absolute atomic E-state index is 0.152. The first-order chi connectivity index (χ1) is 9.57. The fourth-order valence-electron chi connectivity index (χ4n) is 1.84. The largest absolute Gasteiger partial charge is 0.380 e. The Morgan fingerprint density at radius 3 is 2.90 bits per heavy atom. The van der Waals surface area contributed by atoms with Crippen LogP contribution in [-0.2, 0) is 11.3 Å². The minimum atomic E-state index is -0.353. The second-order valence-corrected chi connectivity index (χ2v) is 4.49. The number of aryl methyl sites for hydroxylation is 1. The molecule has 0 saturated heterocycles. The molecule has 0 fully saturated rings. The van der Waals surface area contributed by atoms with Crippen LogP contribution in [0.3, 0.4) is 0 Å². The summed E-state index contributed by atoms with van der Waals surface area (Å²) in [4.78, 5) is 14.9. The number of nitrogens with zero attached hydrogens (tertiary/aromatic N) is 2. The van der Waals surface area contributed by atoms with Gasteiger partial charge in [-0.15, -0.1) is 6.58 Å². The van der Waals surface area contributed by atoms with Crippen molar-refractivity contribution in [2.75, 3.05) is 19.8 Å². The number of nitro groups is 1. The number of ether oxygens (including phenoxy) is 1. The number of hydrogen-bond donors (Lipinski definition) is 1. The van der Waals surface area contributed by atoms with Crippen molar-refractivity contribution in [1.29, 1.82) is 0 Å². The Kier molecular flexibility index (Phi) is 6.83. The van der Waals surface area contributed by atoms with E-state index in [4.69, 9.17) is 4.74 Å². The lowest BCUT2D eigenvalue weighted by atomic mass is 10.1. The average molecular weight is 279 g/mol. The Hall–Kier alpha value is -1.79. The molecule has 0 aliphatic heterocycles. The van der Waals surface area contributed by atoms with Gasteiger partial charge in [-0.1, -0.05) is 6.08 Å². The molecule has 0 aliphatic rings. The number of hydrogen-bond acceptors (Lipinski definition) is 5. The Balaban J connectivity index is 2.47. The van der Waals surface area contributed by atoms with Crippen LogP contribution in [0.1, 0.15) is 23.2 Å². The van der Waals surface area contributed by atoms with Gasteiger partial charge < -0.3 is 10.1 Å². The molecule has 6 nitrogen and oxygen atoms in total. The van der Waals surface area contributed by atoms with Crippen molar-refractivity contribution in [2.24, 2.45) is 0 Å². The van der Waals surface area contributed by atoms with Crippen molar-refractivity contribution >= 4 is 5.69 Å². The molecule has 6 heteroatoms. The van der Waals surface area contributed by atoms with Crippen LogP contribution in [0.25, 0.3) is 0 Å². The SMILES string of the molecule is C=CCCOCCNCc1ncc(C)c([N+](=O)[O-])c1C. The van der Waals surface area contributed by atoms with E-state index >= 15 is 0 Å². The lowest BCUT2D eigenvalue weighted by Gasteiger charge is -2.09. The first-order valence-corrected chi connectivity index (χ1v) is 6.56. The molecule has 0 aromatic carbocycles. The number of nitrogens with one attached hydrogen (secondary N) is 1. The highest BCUT2D eigenvalue weighted by atomic mass is 16.6. The molecule has 0 radical (unpaired) electrons. The van der Waals surface area contributed by atoms with Crippen molar-refractivity contribution < 1.29 is 9.66 Å². The van der Waals surface area contributed by atoms with Crippen LogP contribution in [0.2, 0.25) is 0 Å². The van der Waals surface area contributed by atoms with E-state index in [9.17, 15) is 10.1 Å². The molecule has 1 rings (SSSR count). The van der Waals surface area contributed by atoms with Gasteiger partial charge in [-0.05, 0) is 20.3 Å². The summed E-state index contributed by atoms with van der Waals surface area (Å²) in [7, 11) is 0. The number of pyridine rings is 1. The van der Waals surface area contributed by atoms with Gasteiger partial charge in [-0.3, -0.25) is 15.1 Å². The highest BCUT2D eigenvalue weighted by molar-refractivity contribution is 5.47. The lowest BCUT2D eigenvalue weighted by molar-refractivity contribution is -0.386. The maximum absolute atomic E-state index is 11.0. The average Bonchev–Trinajstić information content (AvgIpc) is 2.39. The number of aromatic nitrogens is 1. The molecule has 1 aromatic heterocycles. The van der Waals surface area contributed by atoms with E-state index in [2.05, 4.69) is 16.9 Å². The monoisotopic (exact) mass is 279 g/mol. The molecular weight excluding hydrogens is 258 g/mol. The zero-order chi connectivity index (χ0) is 15.0. The first kappa shape index (κ1) is 16.3. The first-order valence-electron chi connectivity index (χ1n) is 6.56. The molecule has 110 valence electrons. The molecule has 0 aliphatic carbocycles. The Bertz CT molecular complexity index is 475. The van der Waals surface area contributed by atoms with Crippen molar-refractivity contribution in [2.45, 2.75) is 26.8 Å². The molecule has 20 heavy (non-hydrogen) atoms. The minimum Gasteiger partial charge on any atom is -0.380 e. The van der Waals surface area contributed by atoms with Crippen LogP contribution in [-0.4, -0.2) is 29.7 Å². The highest BCUT2D eigenvalue weighted by Gasteiger charge is 2.18. The third-order valence-electron chi connectivity index (χ3n) is 2.94. The fourth-order valence-corrected chi connectivity index (χ4v) is 1.84. The quantitative estimate of drug-likeness (QED) is 0.325. The Morgan fingerprint density at radius 2 is 2.25 bits per heavy atom. The maximum atomic E-state index is 11.0. The van der Waals surface area contributed by atoms with Crippen LogP contribution in [0.5, 0.6) is 0 Å².